The number of imidazole rings is 1. The molecule has 1 amide bonds. The number of amides is 1. The van der Waals surface area contributed by atoms with Gasteiger partial charge in [-0.25, -0.2) is 9.78 Å². The van der Waals surface area contributed by atoms with E-state index < -0.39 is 11.5 Å². The topological polar surface area (TPSA) is 76.6 Å². The molecule has 24 heavy (non-hydrogen) atoms. The summed E-state index contributed by atoms with van der Waals surface area (Å²) in [5.41, 5.74) is 1.30. The van der Waals surface area contributed by atoms with Crippen LogP contribution in [0.3, 0.4) is 0 Å². The smallest absolute Gasteiger partial charge is 0.349 e. The van der Waals surface area contributed by atoms with Crippen molar-refractivity contribution in [3.05, 3.63) is 82.6 Å². The number of pyridine rings is 1. The van der Waals surface area contributed by atoms with E-state index in [1.807, 2.05) is 41.1 Å². The van der Waals surface area contributed by atoms with Gasteiger partial charge in [0.2, 0.25) is 0 Å². The van der Waals surface area contributed by atoms with E-state index in [0.717, 1.165) is 5.65 Å². The van der Waals surface area contributed by atoms with Crippen molar-refractivity contribution in [3.63, 3.8) is 0 Å². The molecule has 6 heteroatoms. The molecule has 0 bridgehead atoms. The van der Waals surface area contributed by atoms with Crippen LogP contribution in [0.4, 0.5) is 0 Å². The number of rotatable bonds is 3. The summed E-state index contributed by atoms with van der Waals surface area (Å²) in [6.45, 7) is 0.229. The highest BCUT2D eigenvalue weighted by atomic mass is 16.4. The van der Waals surface area contributed by atoms with Crippen molar-refractivity contribution in [2.24, 2.45) is 0 Å². The van der Waals surface area contributed by atoms with Gasteiger partial charge in [-0.15, -0.1) is 0 Å². The average molecular weight is 319 g/mol. The number of hydrogen-bond donors (Lipinski definition) is 1. The van der Waals surface area contributed by atoms with E-state index in [0.29, 0.717) is 16.7 Å². The van der Waals surface area contributed by atoms with Gasteiger partial charge in [-0.2, -0.15) is 0 Å². The van der Waals surface area contributed by atoms with Gasteiger partial charge in [0.15, 0.2) is 0 Å². The van der Waals surface area contributed by atoms with Crippen molar-refractivity contribution >= 4 is 22.5 Å². The highest BCUT2D eigenvalue weighted by molar-refractivity contribution is 5.96. The summed E-state index contributed by atoms with van der Waals surface area (Å²) in [5, 5.41) is 3.41. The Bertz CT molecular complexity index is 1080. The van der Waals surface area contributed by atoms with E-state index in [-0.39, 0.29) is 12.1 Å². The van der Waals surface area contributed by atoms with E-state index in [4.69, 9.17) is 4.42 Å². The second-order valence-electron chi connectivity index (χ2n) is 5.37. The maximum absolute atomic E-state index is 12.3. The highest BCUT2D eigenvalue weighted by Crippen LogP contribution is 2.12. The molecule has 6 nitrogen and oxygen atoms in total. The van der Waals surface area contributed by atoms with Crippen LogP contribution in [-0.4, -0.2) is 15.3 Å². The molecule has 0 atom stereocenters. The van der Waals surface area contributed by atoms with E-state index in [1.165, 1.54) is 0 Å². The fourth-order valence-electron chi connectivity index (χ4n) is 2.56. The third-order valence-corrected chi connectivity index (χ3v) is 3.73. The summed E-state index contributed by atoms with van der Waals surface area (Å²) in [4.78, 5) is 28.7. The number of fused-ring (bicyclic) bond motifs is 2. The van der Waals surface area contributed by atoms with E-state index >= 15 is 0 Å². The molecule has 1 aromatic carbocycles. The third-order valence-electron chi connectivity index (χ3n) is 3.73. The monoisotopic (exact) mass is 319 g/mol. The summed E-state index contributed by atoms with van der Waals surface area (Å²) in [6, 6.07) is 14.3. The third kappa shape index (κ3) is 2.54. The molecule has 0 radical (unpaired) electrons. The van der Waals surface area contributed by atoms with Crippen LogP contribution in [0.5, 0.6) is 0 Å². The lowest BCUT2D eigenvalue weighted by Crippen LogP contribution is -2.27. The summed E-state index contributed by atoms with van der Waals surface area (Å²) < 4.78 is 7.04. The minimum Gasteiger partial charge on any atom is -0.422 e. The first-order valence-corrected chi connectivity index (χ1v) is 7.44. The molecule has 0 saturated heterocycles. The van der Waals surface area contributed by atoms with Gasteiger partial charge in [0.1, 0.15) is 16.8 Å². The van der Waals surface area contributed by atoms with Crippen LogP contribution in [0.2, 0.25) is 0 Å². The Morgan fingerprint density at radius 3 is 2.88 bits per heavy atom. The first kappa shape index (κ1) is 14.2. The number of carbonyl (C=O) groups excluding carboxylic acids is 1. The van der Waals surface area contributed by atoms with Crippen molar-refractivity contribution in [2.75, 3.05) is 0 Å². The molecular weight excluding hydrogens is 306 g/mol. The predicted molar refractivity (Wildman–Crippen MR) is 88.8 cm³/mol. The summed E-state index contributed by atoms with van der Waals surface area (Å²) in [6.07, 6.45) is 3.71. The lowest BCUT2D eigenvalue weighted by molar-refractivity contribution is 0.0947. The van der Waals surface area contributed by atoms with Crippen LogP contribution in [-0.2, 0) is 6.54 Å². The lowest BCUT2D eigenvalue weighted by Gasteiger charge is -2.03. The Labute approximate surface area is 136 Å². The van der Waals surface area contributed by atoms with Crippen molar-refractivity contribution in [3.8, 4) is 0 Å². The van der Waals surface area contributed by atoms with Crippen molar-refractivity contribution in [1.82, 2.24) is 14.7 Å². The Kier molecular flexibility index (Phi) is 3.35. The van der Waals surface area contributed by atoms with Gasteiger partial charge in [-0.3, -0.25) is 4.79 Å². The van der Waals surface area contributed by atoms with Crippen molar-refractivity contribution in [2.45, 2.75) is 6.54 Å². The minimum absolute atomic E-state index is 0.0162. The number of para-hydroxylation sites is 1. The van der Waals surface area contributed by atoms with Gasteiger partial charge in [0, 0.05) is 17.8 Å². The second-order valence-corrected chi connectivity index (χ2v) is 5.37. The number of nitrogens with zero attached hydrogens (tertiary/aromatic N) is 2. The van der Waals surface area contributed by atoms with E-state index in [2.05, 4.69) is 10.3 Å². The molecule has 1 N–H and O–H groups in total. The number of benzene rings is 1. The summed E-state index contributed by atoms with van der Waals surface area (Å²) in [7, 11) is 0. The van der Waals surface area contributed by atoms with Gasteiger partial charge in [-0.05, 0) is 24.3 Å². The second kappa shape index (κ2) is 5.66. The van der Waals surface area contributed by atoms with Crippen LogP contribution in [0.15, 0.2) is 70.1 Å². The predicted octanol–water partition coefficient (Wildman–Crippen LogP) is 2.37. The zero-order valence-electron chi connectivity index (χ0n) is 12.6. The molecule has 0 aliphatic heterocycles. The zero-order chi connectivity index (χ0) is 16.5. The molecule has 3 aromatic heterocycles. The van der Waals surface area contributed by atoms with Crippen LogP contribution in [0, 0.1) is 0 Å². The van der Waals surface area contributed by atoms with E-state index in [9.17, 15) is 9.59 Å². The van der Waals surface area contributed by atoms with Crippen LogP contribution in [0.25, 0.3) is 16.6 Å². The van der Waals surface area contributed by atoms with Gasteiger partial charge in [0.05, 0.1) is 12.2 Å². The van der Waals surface area contributed by atoms with Crippen molar-refractivity contribution < 1.29 is 9.21 Å². The molecule has 0 saturated carbocycles. The van der Waals surface area contributed by atoms with Gasteiger partial charge >= 0.3 is 5.63 Å². The fraction of sp³-hybridized carbons (Fsp3) is 0.0556. The maximum atomic E-state index is 12.3. The molecule has 0 aliphatic rings. The number of aromatic nitrogens is 2. The molecule has 4 aromatic rings. The highest BCUT2D eigenvalue weighted by Gasteiger charge is 2.14. The average Bonchev–Trinajstić information content (AvgIpc) is 3.02. The molecular formula is C18H13N3O3. The van der Waals surface area contributed by atoms with Crippen LogP contribution in [0.1, 0.15) is 16.1 Å². The van der Waals surface area contributed by atoms with Gasteiger partial charge in [0.25, 0.3) is 5.91 Å². The molecule has 0 unspecified atom stereocenters. The summed E-state index contributed by atoms with van der Waals surface area (Å²) in [5.74, 6) is -0.480. The molecule has 118 valence electrons. The van der Waals surface area contributed by atoms with Gasteiger partial charge in [-0.1, -0.05) is 24.3 Å². The molecule has 0 aliphatic carbocycles. The number of hydrogen-bond acceptors (Lipinski definition) is 4. The minimum atomic E-state index is -0.652. The van der Waals surface area contributed by atoms with Gasteiger partial charge < -0.3 is 14.1 Å². The standard InChI is InChI=1S/C18H13N3O3/c22-17(14-9-12-5-1-2-6-15(12)24-18(14)23)19-10-13-11-21-8-4-3-7-16(21)20-13/h1-9,11H,10H2,(H,19,22). The SMILES string of the molecule is O=C(NCc1cn2ccccc2n1)c1cc2ccccc2oc1=O. The summed E-state index contributed by atoms with van der Waals surface area (Å²) >= 11 is 0. The van der Waals surface area contributed by atoms with Crippen LogP contribution >= 0.6 is 0 Å². The first-order valence-electron chi connectivity index (χ1n) is 7.44. The Morgan fingerprint density at radius 1 is 1.17 bits per heavy atom. The van der Waals surface area contributed by atoms with E-state index in [1.54, 1.807) is 24.3 Å². The lowest BCUT2D eigenvalue weighted by atomic mass is 10.2. The first-order chi connectivity index (χ1) is 11.7. The van der Waals surface area contributed by atoms with Crippen molar-refractivity contribution in [1.29, 1.82) is 0 Å². The molecule has 4 rings (SSSR count). The zero-order valence-corrected chi connectivity index (χ0v) is 12.6. The largest absolute Gasteiger partial charge is 0.422 e. The molecule has 0 fully saturated rings. The van der Waals surface area contributed by atoms with Crippen LogP contribution < -0.4 is 10.9 Å². The Balaban J connectivity index is 1.57. The number of nitrogens with one attached hydrogen (secondary N) is 1. The number of carbonyl (C=O) groups is 1. The quantitative estimate of drug-likeness (QED) is 0.588. The maximum Gasteiger partial charge on any atom is 0.349 e. The normalized spacial score (nSPS) is 11.0. The Morgan fingerprint density at radius 2 is 2.00 bits per heavy atom. The fourth-order valence-corrected chi connectivity index (χ4v) is 2.56. The molecule has 0 spiro atoms. The Hall–Kier alpha value is -3.41. The molecule has 3 heterocycles.